The van der Waals surface area contributed by atoms with Gasteiger partial charge < -0.3 is 19.9 Å². The van der Waals surface area contributed by atoms with E-state index in [9.17, 15) is 9.59 Å². The second kappa shape index (κ2) is 10.0. The molecule has 1 aromatic carbocycles. The molecule has 138 valence electrons. The van der Waals surface area contributed by atoms with Gasteiger partial charge in [-0.25, -0.2) is 0 Å². The smallest absolute Gasteiger partial charge is 0.243 e. The van der Waals surface area contributed by atoms with E-state index in [-0.39, 0.29) is 18.4 Å². The van der Waals surface area contributed by atoms with Crippen LogP contribution in [0.4, 0.5) is 5.69 Å². The highest BCUT2D eigenvalue weighted by Gasteiger charge is 2.18. The van der Waals surface area contributed by atoms with Crippen molar-refractivity contribution in [3.05, 3.63) is 24.3 Å². The minimum absolute atomic E-state index is 0.0829. The number of nitrogens with one attached hydrogen (secondary N) is 1. The highest BCUT2D eigenvalue weighted by molar-refractivity contribution is 5.94. The number of likely N-dealkylation sites (N-methyl/N-ethyl adjacent to an activating group) is 1. The Morgan fingerprint density at radius 3 is 2.60 bits per heavy atom. The Hall–Kier alpha value is -2.08. The van der Waals surface area contributed by atoms with Gasteiger partial charge in [0.25, 0.3) is 0 Å². The summed E-state index contributed by atoms with van der Waals surface area (Å²) in [7, 11) is 4.00. The van der Waals surface area contributed by atoms with Crippen LogP contribution in [0.5, 0.6) is 5.75 Å². The first-order valence-electron chi connectivity index (χ1n) is 9.00. The third-order valence-corrected chi connectivity index (χ3v) is 4.20. The van der Waals surface area contributed by atoms with Crippen molar-refractivity contribution in [3.8, 4) is 5.75 Å². The SMILES string of the molecule is CN(C)CCOc1ccc(NC(=O)CN2CCCCCCC2=O)cc1. The van der Waals surface area contributed by atoms with Crippen molar-refractivity contribution in [2.45, 2.75) is 32.1 Å². The number of amides is 2. The summed E-state index contributed by atoms with van der Waals surface area (Å²) in [6.07, 6.45) is 4.67. The van der Waals surface area contributed by atoms with Crippen molar-refractivity contribution in [1.82, 2.24) is 9.80 Å². The second-order valence-corrected chi connectivity index (χ2v) is 6.70. The summed E-state index contributed by atoms with van der Waals surface area (Å²) >= 11 is 0. The second-order valence-electron chi connectivity index (χ2n) is 6.70. The van der Waals surface area contributed by atoms with E-state index < -0.39 is 0 Å². The minimum Gasteiger partial charge on any atom is -0.492 e. The van der Waals surface area contributed by atoms with Gasteiger partial charge in [-0.1, -0.05) is 12.8 Å². The number of carbonyl (C=O) groups is 2. The van der Waals surface area contributed by atoms with Gasteiger partial charge >= 0.3 is 0 Å². The monoisotopic (exact) mass is 347 g/mol. The van der Waals surface area contributed by atoms with Gasteiger partial charge in [-0.2, -0.15) is 0 Å². The van der Waals surface area contributed by atoms with E-state index in [1.165, 1.54) is 0 Å². The largest absolute Gasteiger partial charge is 0.492 e. The van der Waals surface area contributed by atoms with E-state index in [0.29, 0.717) is 25.3 Å². The zero-order chi connectivity index (χ0) is 18.1. The van der Waals surface area contributed by atoms with Crippen LogP contribution in [0.3, 0.4) is 0 Å². The molecule has 2 rings (SSSR count). The quantitative estimate of drug-likeness (QED) is 0.822. The molecule has 1 fully saturated rings. The summed E-state index contributed by atoms with van der Waals surface area (Å²) < 4.78 is 5.63. The van der Waals surface area contributed by atoms with Gasteiger partial charge in [-0.05, 0) is 51.2 Å². The van der Waals surface area contributed by atoms with E-state index in [4.69, 9.17) is 4.74 Å². The fourth-order valence-corrected chi connectivity index (χ4v) is 2.74. The highest BCUT2D eigenvalue weighted by Crippen LogP contribution is 2.16. The van der Waals surface area contributed by atoms with Gasteiger partial charge in [0.15, 0.2) is 0 Å². The minimum atomic E-state index is -0.157. The van der Waals surface area contributed by atoms with Crippen LogP contribution in [0, 0.1) is 0 Å². The lowest BCUT2D eigenvalue weighted by Crippen LogP contribution is -2.39. The van der Waals surface area contributed by atoms with Crippen LogP contribution in [-0.2, 0) is 9.59 Å². The zero-order valence-corrected chi connectivity index (χ0v) is 15.3. The molecule has 6 heteroatoms. The summed E-state index contributed by atoms with van der Waals surface area (Å²) in [4.78, 5) is 28.0. The van der Waals surface area contributed by atoms with Crippen molar-refractivity contribution in [2.24, 2.45) is 0 Å². The third kappa shape index (κ3) is 7.13. The van der Waals surface area contributed by atoms with Crippen LogP contribution in [0.1, 0.15) is 32.1 Å². The number of hydrogen-bond donors (Lipinski definition) is 1. The molecule has 0 radical (unpaired) electrons. The molecule has 1 aromatic rings. The number of carbonyl (C=O) groups excluding carboxylic acids is 2. The van der Waals surface area contributed by atoms with Crippen LogP contribution in [0.2, 0.25) is 0 Å². The Balaban J connectivity index is 1.80. The number of rotatable bonds is 7. The number of anilines is 1. The lowest BCUT2D eigenvalue weighted by atomic mass is 10.1. The average molecular weight is 347 g/mol. The fourth-order valence-electron chi connectivity index (χ4n) is 2.74. The molecule has 0 unspecified atom stereocenters. The van der Waals surface area contributed by atoms with Crippen molar-refractivity contribution in [2.75, 3.05) is 45.7 Å². The number of benzene rings is 1. The molecule has 1 heterocycles. The Labute approximate surface area is 150 Å². The van der Waals surface area contributed by atoms with Gasteiger partial charge in [0.2, 0.25) is 11.8 Å². The molecule has 6 nitrogen and oxygen atoms in total. The maximum Gasteiger partial charge on any atom is 0.243 e. The predicted molar refractivity (Wildman–Crippen MR) is 98.8 cm³/mol. The third-order valence-electron chi connectivity index (χ3n) is 4.20. The van der Waals surface area contributed by atoms with Crippen LogP contribution in [0.15, 0.2) is 24.3 Å². The van der Waals surface area contributed by atoms with Gasteiger partial charge in [-0.15, -0.1) is 0 Å². The van der Waals surface area contributed by atoms with Crippen molar-refractivity contribution >= 4 is 17.5 Å². The van der Waals surface area contributed by atoms with Crippen molar-refractivity contribution in [1.29, 1.82) is 0 Å². The molecule has 1 aliphatic rings. The van der Waals surface area contributed by atoms with Gasteiger partial charge in [0.05, 0.1) is 6.54 Å². The lowest BCUT2D eigenvalue weighted by Gasteiger charge is -2.24. The van der Waals surface area contributed by atoms with Crippen LogP contribution in [-0.4, -0.2) is 62.0 Å². The molecule has 0 saturated carbocycles. The first kappa shape index (κ1) is 19.2. The van der Waals surface area contributed by atoms with Gasteiger partial charge in [-0.3, -0.25) is 9.59 Å². The molecule has 0 spiro atoms. The van der Waals surface area contributed by atoms with E-state index >= 15 is 0 Å². The molecule has 0 aliphatic carbocycles. The van der Waals surface area contributed by atoms with Crippen LogP contribution < -0.4 is 10.1 Å². The first-order valence-corrected chi connectivity index (χ1v) is 9.00. The lowest BCUT2D eigenvalue weighted by molar-refractivity contribution is -0.135. The van der Waals surface area contributed by atoms with Gasteiger partial charge in [0, 0.05) is 25.2 Å². The maximum atomic E-state index is 12.2. The predicted octanol–water partition coefficient (Wildman–Crippen LogP) is 2.36. The molecule has 1 aliphatic heterocycles. The zero-order valence-electron chi connectivity index (χ0n) is 15.3. The summed E-state index contributed by atoms with van der Waals surface area (Å²) in [6, 6.07) is 7.31. The number of hydrogen-bond acceptors (Lipinski definition) is 4. The normalized spacial score (nSPS) is 15.6. The Morgan fingerprint density at radius 2 is 1.88 bits per heavy atom. The summed E-state index contributed by atoms with van der Waals surface area (Å²) in [5.41, 5.74) is 0.712. The molecule has 25 heavy (non-hydrogen) atoms. The van der Waals surface area contributed by atoms with E-state index in [1.54, 1.807) is 4.90 Å². The molecule has 0 atom stereocenters. The standard InChI is InChI=1S/C19H29N3O3/c1-21(2)13-14-25-17-10-8-16(9-11-17)20-18(23)15-22-12-6-4-3-5-7-19(22)24/h8-11H,3-7,12-15H2,1-2H3,(H,20,23). The molecule has 0 bridgehead atoms. The number of nitrogens with zero attached hydrogens (tertiary/aromatic N) is 2. The van der Waals surface area contributed by atoms with E-state index in [0.717, 1.165) is 38.0 Å². The molecule has 1 N–H and O–H groups in total. The summed E-state index contributed by atoms with van der Waals surface area (Å²) in [5.74, 6) is 0.702. The Bertz CT molecular complexity index is 558. The van der Waals surface area contributed by atoms with Crippen molar-refractivity contribution < 1.29 is 14.3 Å². The summed E-state index contributed by atoms with van der Waals surface area (Å²) in [5, 5.41) is 2.85. The number of likely N-dealkylation sites (tertiary alicyclic amines) is 1. The highest BCUT2D eigenvalue weighted by atomic mass is 16.5. The molecule has 0 aromatic heterocycles. The van der Waals surface area contributed by atoms with Crippen LogP contribution in [0.25, 0.3) is 0 Å². The molecular weight excluding hydrogens is 318 g/mol. The fraction of sp³-hybridized carbons (Fsp3) is 0.579. The van der Waals surface area contributed by atoms with E-state index in [2.05, 4.69) is 10.2 Å². The van der Waals surface area contributed by atoms with Crippen LogP contribution >= 0.6 is 0 Å². The first-order chi connectivity index (χ1) is 12.0. The average Bonchev–Trinajstić information content (AvgIpc) is 2.56. The number of ether oxygens (including phenoxy) is 1. The summed E-state index contributed by atoms with van der Waals surface area (Å²) in [6.45, 7) is 2.27. The van der Waals surface area contributed by atoms with Gasteiger partial charge in [0.1, 0.15) is 12.4 Å². The van der Waals surface area contributed by atoms with Crippen molar-refractivity contribution in [3.63, 3.8) is 0 Å². The van der Waals surface area contributed by atoms with E-state index in [1.807, 2.05) is 38.4 Å². The Kier molecular flexibility index (Phi) is 7.73. The maximum absolute atomic E-state index is 12.2. The molecule has 2 amide bonds. The molecular formula is C19H29N3O3. The topological polar surface area (TPSA) is 61.9 Å². The molecule has 1 saturated heterocycles. The Morgan fingerprint density at radius 1 is 1.16 bits per heavy atom.